The van der Waals surface area contributed by atoms with Gasteiger partial charge < -0.3 is 20.1 Å². The number of nitrogens with two attached hydrogens (primary N) is 1. The van der Waals surface area contributed by atoms with Crippen molar-refractivity contribution in [1.29, 1.82) is 0 Å². The molecule has 0 aliphatic heterocycles. The first-order valence-corrected chi connectivity index (χ1v) is 26.3. The Morgan fingerprint density at radius 3 is 1.25 bits per heavy atom. The Hall–Kier alpha value is -1.80. The van der Waals surface area contributed by atoms with Crippen LogP contribution in [0.5, 0.6) is 0 Å². The zero-order valence-electron chi connectivity index (χ0n) is 38.9. The summed E-state index contributed by atoms with van der Waals surface area (Å²) in [4.78, 5) is 22.4. The minimum absolute atomic E-state index is 0.0771. The minimum Gasteiger partial charge on any atom is -0.457 e. The molecule has 0 rings (SSSR count). The average molecular weight is 864 g/mol. The lowest BCUT2D eigenvalue weighted by atomic mass is 10.0. The summed E-state index contributed by atoms with van der Waals surface area (Å²) in [6, 6.07) is 0. The van der Waals surface area contributed by atoms with Crippen molar-refractivity contribution in [2.75, 3.05) is 33.0 Å². The van der Waals surface area contributed by atoms with Gasteiger partial charge in [0, 0.05) is 13.2 Å². The maximum absolute atomic E-state index is 12.5. The zero-order chi connectivity index (χ0) is 43.7. The van der Waals surface area contributed by atoms with Crippen molar-refractivity contribution < 1.29 is 32.8 Å². The maximum Gasteiger partial charge on any atom is 0.472 e. The first-order chi connectivity index (χ1) is 29.4. The molecule has 9 heteroatoms. The van der Waals surface area contributed by atoms with Crippen LogP contribution in [0.2, 0.25) is 0 Å². The third-order valence-corrected chi connectivity index (χ3v) is 11.5. The number of phosphoric acid groups is 1. The van der Waals surface area contributed by atoms with Crippen molar-refractivity contribution in [1.82, 2.24) is 0 Å². The van der Waals surface area contributed by atoms with Gasteiger partial charge in [-0.3, -0.25) is 13.8 Å². The Balaban J connectivity index is 3.94. The lowest BCUT2D eigenvalue weighted by Crippen LogP contribution is -2.28. The fourth-order valence-electron chi connectivity index (χ4n) is 6.90. The highest BCUT2D eigenvalue weighted by Gasteiger charge is 2.25. The number of esters is 1. The van der Waals surface area contributed by atoms with Crippen LogP contribution in [0.3, 0.4) is 0 Å². The Morgan fingerprint density at radius 1 is 0.500 bits per heavy atom. The molecule has 0 saturated heterocycles. The van der Waals surface area contributed by atoms with Gasteiger partial charge in [-0.1, -0.05) is 235 Å². The van der Waals surface area contributed by atoms with Gasteiger partial charge in [0.2, 0.25) is 0 Å². The van der Waals surface area contributed by atoms with E-state index in [1.54, 1.807) is 6.08 Å². The van der Waals surface area contributed by atoms with Crippen molar-refractivity contribution >= 4 is 13.8 Å². The van der Waals surface area contributed by atoms with E-state index in [1.807, 2.05) is 6.08 Å². The lowest BCUT2D eigenvalue weighted by molar-refractivity contribution is -0.153. The van der Waals surface area contributed by atoms with E-state index >= 15 is 0 Å². The summed E-state index contributed by atoms with van der Waals surface area (Å²) in [5.41, 5.74) is 5.37. The minimum atomic E-state index is -4.31. The molecular weight excluding hydrogens is 770 g/mol. The molecule has 350 valence electrons. The molecule has 3 N–H and O–H groups in total. The molecule has 2 unspecified atom stereocenters. The second-order valence-electron chi connectivity index (χ2n) is 16.3. The van der Waals surface area contributed by atoms with Gasteiger partial charge >= 0.3 is 13.8 Å². The average Bonchev–Trinajstić information content (AvgIpc) is 3.24. The quantitative estimate of drug-likeness (QED) is 0.0269. The first-order valence-electron chi connectivity index (χ1n) is 24.8. The molecular formula is C51H94NO7P. The maximum atomic E-state index is 12.5. The molecule has 0 radical (unpaired) electrons. The Morgan fingerprint density at radius 2 is 0.867 bits per heavy atom. The van der Waals surface area contributed by atoms with Gasteiger partial charge in [0.25, 0.3) is 0 Å². The number of carbonyl (C=O) groups excluding carboxylic acids is 1. The molecule has 0 aromatic rings. The monoisotopic (exact) mass is 864 g/mol. The zero-order valence-corrected chi connectivity index (χ0v) is 39.8. The Labute approximate surface area is 370 Å². The standard InChI is InChI=1S/C51H94NO7P/c1-3-5-7-9-11-13-15-17-19-20-21-22-23-24-25-26-27-28-29-31-33-35-37-39-41-43-46-56-48-50(49-58-60(54,55)57-47-45-52)59-51(53)44-42-40-38-36-34-32-30-18-16-14-12-10-8-6-4-2/h6,8,12,14,18,30,34,36,40,42,50H,3-5,7,9-11,13,15-17,19-29,31-33,35,37-39,41,43-49,52H2,1-2H3,(H,54,55)/b8-6-,14-12-,30-18-,36-34-,42-40-. The van der Waals surface area contributed by atoms with Crippen molar-refractivity contribution in [2.45, 2.75) is 225 Å². The third kappa shape index (κ3) is 47.3. The number of ether oxygens (including phenoxy) is 2. The van der Waals surface area contributed by atoms with E-state index in [4.69, 9.17) is 24.3 Å². The van der Waals surface area contributed by atoms with E-state index in [0.29, 0.717) is 13.0 Å². The van der Waals surface area contributed by atoms with Crippen molar-refractivity contribution in [3.05, 3.63) is 60.8 Å². The number of carbonyl (C=O) groups is 1. The van der Waals surface area contributed by atoms with Gasteiger partial charge in [-0.2, -0.15) is 0 Å². The van der Waals surface area contributed by atoms with Crippen LogP contribution in [0.15, 0.2) is 60.8 Å². The second-order valence-corrected chi connectivity index (χ2v) is 17.8. The van der Waals surface area contributed by atoms with Gasteiger partial charge in [-0.25, -0.2) is 4.57 Å². The van der Waals surface area contributed by atoms with Crippen molar-refractivity contribution in [3.63, 3.8) is 0 Å². The second kappa shape index (κ2) is 48.2. The van der Waals surface area contributed by atoms with E-state index in [-0.39, 0.29) is 32.8 Å². The van der Waals surface area contributed by atoms with Gasteiger partial charge in [-0.05, 0) is 38.5 Å². The Kier molecular flexibility index (Phi) is 46.8. The molecule has 60 heavy (non-hydrogen) atoms. The van der Waals surface area contributed by atoms with Crippen LogP contribution in [0.25, 0.3) is 0 Å². The molecule has 0 aromatic carbocycles. The molecule has 2 atom stereocenters. The molecule has 0 amide bonds. The van der Waals surface area contributed by atoms with E-state index in [9.17, 15) is 14.3 Å². The number of allylic oxidation sites excluding steroid dienone is 9. The first kappa shape index (κ1) is 58.2. The summed E-state index contributed by atoms with van der Waals surface area (Å²) in [6.07, 6.45) is 60.2. The van der Waals surface area contributed by atoms with Crippen molar-refractivity contribution in [3.8, 4) is 0 Å². The van der Waals surface area contributed by atoms with Crippen LogP contribution in [-0.4, -0.2) is 49.9 Å². The molecule has 0 aliphatic rings. The van der Waals surface area contributed by atoms with Gasteiger partial charge in [0.1, 0.15) is 6.10 Å². The smallest absolute Gasteiger partial charge is 0.457 e. The number of unbranched alkanes of at least 4 members (excludes halogenated alkanes) is 25. The highest BCUT2D eigenvalue weighted by atomic mass is 31.2. The third-order valence-electron chi connectivity index (χ3n) is 10.5. The van der Waals surface area contributed by atoms with Gasteiger partial charge in [0.05, 0.1) is 26.2 Å². The predicted molar refractivity (Wildman–Crippen MR) is 256 cm³/mol. The van der Waals surface area contributed by atoms with E-state index < -0.39 is 19.9 Å². The normalized spacial score (nSPS) is 13.9. The molecule has 8 nitrogen and oxygen atoms in total. The van der Waals surface area contributed by atoms with E-state index in [0.717, 1.165) is 38.5 Å². The van der Waals surface area contributed by atoms with Crippen LogP contribution in [0.4, 0.5) is 0 Å². The SMILES string of the molecule is CC/C=C\C/C=C\C/C=C\C/C=C\C/C=C\CC(=O)OC(COCCCCCCCCCCCCCCCCCCCCCCCCCCCC)COP(=O)(O)OCCN. The highest BCUT2D eigenvalue weighted by Crippen LogP contribution is 2.43. The molecule has 0 aromatic heterocycles. The summed E-state index contributed by atoms with van der Waals surface area (Å²) in [5, 5.41) is 0. The molecule has 0 saturated carbocycles. The molecule has 0 aliphatic carbocycles. The van der Waals surface area contributed by atoms with Crippen molar-refractivity contribution in [2.24, 2.45) is 5.73 Å². The summed E-state index contributed by atoms with van der Waals surface area (Å²) < 4.78 is 33.4. The summed E-state index contributed by atoms with van der Waals surface area (Å²) >= 11 is 0. The number of hydrogen-bond donors (Lipinski definition) is 2. The predicted octanol–water partition coefficient (Wildman–Crippen LogP) is 15.3. The topological polar surface area (TPSA) is 117 Å². The molecule has 0 bridgehead atoms. The van der Waals surface area contributed by atoms with Crippen LogP contribution in [0.1, 0.15) is 219 Å². The summed E-state index contributed by atoms with van der Waals surface area (Å²) in [7, 11) is -4.31. The van der Waals surface area contributed by atoms with Crippen LogP contribution < -0.4 is 5.73 Å². The summed E-state index contributed by atoms with van der Waals surface area (Å²) in [5.74, 6) is -0.454. The van der Waals surface area contributed by atoms with Gasteiger partial charge in [0.15, 0.2) is 0 Å². The number of rotatable bonds is 47. The fraction of sp³-hybridized carbons (Fsp3) is 0.784. The van der Waals surface area contributed by atoms with E-state index in [1.165, 1.54) is 154 Å². The lowest BCUT2D eigenvalue weighted by Gasteiger charge is -2.19. The number of phosphoric ester groups is 1. The summed E-state index contributed by atoms with van der Waals surface area (Å²) in [6.45, 7) is 4.70. The highest BCUT2D eigenvalue weighted by molar-refractivity contribution is 7.47. The number of hydrogen-bond acceptors (Lipinski definition) is 7. The van der Waals surface area contributed by atoms with Crippen LogP contribution in [-0.2, 0) is 27.9 Å². The molecule has 0 fully saturated rings. The molecule has 0 spiro atoms. The van der Waals surface area contributed by atoms with Crippen LogP contribution in [0, 0.1) is 0 Å². The van der Waals surface area contributed by atoms with Crippen LogP contribution >= 0.6 is 7.82 Å². The van der Waals surface area contributed by atoms with E-state index in [2.05, 4.69) is 62.5 Å². The largest absolute Gasteiger partial charge is 0.472 e. The van der Waals surface area contributed by atoms with Gasteiger partial charge in [-0.15, -0.1) is 0 Å². The molecule has 0 heterocycles. The Bertz CT molecular complexity index is 1110. The fourth-order valence-corrected chi connectivity index (χ4v) is 7.66.